The first kappa shape index (κ1) is 21.9. The van der Waals surface area contributed by atoms with E-state index in [-0.39, 0.29) is 23.5 Å². The van der Waals surface area contributed by atoms with Crippen LogP contribution in [0.25, 0.3) is 0 Å². The topological polar surface area (TPSA) is 97.2 Å². The first-order valence-electron chi connectivity index (χ1n) is 11.6. The zero-order valence-electron chi connectivity index (χ0n) is 18.6. The van der Waals surface area contributed by atoms with Crippen LogP contribution in [0.4, 0.5) is 16.3 Å². The largest absolute Gasteiger partial charge is 0.465 e. The number of hydrogen-bond donors (Lipinski definition) is 2. The Labute approximate surface area is 183 Å². The number of aromatic nitrogens is 1. The molecule has 1 spiro atoms. The Hall–Kier alpha value is -2.35. The molecule has 0 aromatic carbocycles. The number of carbonyl (C=O) groups is 2. The lowest BCUT2D eigenvalue weighted by Crippen LogP contribution is -2.50. The van der Waals surface area contributed by atoms with E-state index in [0.717, 1.165) is 69.4 Å². The van der Waals surface area contributed by atoms with Crippen molar-refractivity contribution >= 4 is 23.5 Å². The first-order valence-corrected chi connectivity index (χ1v) is 11.6. The third kappa shape index (κ3) is 4.10. The lowest BCUT2D eigenvalue weighted by atomic mass is 9.78. The molecule has 4 rings (SSSR count). The highest BCUT2D eigenvalue weighted by molar-refractivity contribution is 5.87. The van der Waals surface area contributed by atoms with Crippen molar-refractivity contribution in [2.24, 2.45) is 5.41 Å². The summed E-state index contributed by atoms with van der Waals surface area (Å²) in [6.45, 7) is 6.41. The number of likely N-dealkylation sites (tertiary alicyclic amines) is 1. The third-order valence-corrected chi connectivity index (χ3v) is 7.46. The van der Waals surface area contributed by atoms with Crippen molar-refractivity contribution in [2.45, 2.75) is 70.9 Å². The van der Waals surface area contributed by atoms with Gasteiger partial charge in [0.2, 0.25) is 5.91 Å². The molecule has 3 aliphatic rings. The predicted molar refractivity (Wildman–Crippen MR) is 118 cm³/mol. The molecular weight excluding hydrogens is 396 g/mol. The van der Waals surface area contributed by atoms with Gasteiger partial charge >= 0.3 is 6.09 Å². The Morgan fingerprint density at radius 2 is 2.00 bits per heavy atom. The summed E-state index contributed by atoms with van der Waals surface area (Å²) in [5.41, 5.74) is 1.13. The van der Waals surface area contributed by atoms with E-state index in [2.05, 4.69) is 14.8 Å². The van der Waals surface area contributed by atoms with Crippen molar-refractivity contribution in [3.05, 3.63) is 17.8 Å². The van der Waals surface area contributed by atoms with Crippen molar-refractivity contribution in [3.63, 3.8) is 0 Å². The second-order valence-corrected chi connectivity index (χ2v) is 9.37. The number of nitrogens with zero attached hydrogens (tertiary/aromatic N) is 4. The molecule has 3 fully saturated rings. The fourth-order valence-corrected chi connectivity index (χ4v) is 5.67. The maximum Gasteiger partial charge on any atom is 0.411 e. The van der Waals surface area contributed by atoms with Gasteiger partial charge in [0, 0.05) is 32.2 Å². The Balaban J connectivity index is 1.49. The van der Waals surface area contributed by atoms with Crippen molar-refractivity contribution in [3.8, 4) is 0 Å². The summed E-state index contributed by atoms with van der Waals surface area (Å²) in [5, 5.41) is 19.2. The number of aryl methyl sites for hydroxylation is 1. The smallest absolute Gasteiger partial charge is 0.411 e. The maximum absolute atomic E-state index is 13.5. The summed E-state index contributed by atoms with van der Waals surface area (Å²) in [6.07, 6.45) is 6.54. The summed E-state index contributed by atoms with van der Waals surface area (Å²) in [5.74, 6) is 1.09. The van der Waals surface area contributed by atoms with Crippen molar-refractivity contribution in [2.75, 3.05) is 36.0 Å². The number of aliphatic hydroxyl groups excluding tert-OH is 1. The van der Waals surface area contributed by atoms with Crippen LogP contribution in [0.1, 0.15) is 57.4 Å². The number of pyridine rings is 1. The number of amides is 2. The molecular formula is C23H34N4O4. The van der Waals surface area contributed by atoms with Crippen LogP contribution >= 0.6 is 0 Å². The standard InChI is InChI=1S/C23H34N4O4/c1-3-26(22(30)31)19-14-24-20(13-16(19)2)25-11-4-9-23(15-25)10-12-27(21(23)29)17-5-7-18(28)8-6-17/h13-14,17-18,28H,3-12,15H2,1-2H3,(H,30,31)/t17?,18?,23-/m0/s1. The number of aliphatic hydroxyl groups is 1. The highest BCUT2D eigenvalue weighted by atomic mass is 16.4. The highest BCUT2D eigenvalue weighted by Crippen LogP contribution is 2.43. The molecule has 1 aromatic rings. The molecule has 3 heterocycles. The van der Waals surface area contributed by atoms with Crippen molar-refractivity contribution in [1.29, 1.82) is 0 Å². The number of carbonyl (C=O) groups excluding carboxylic acids is 1. The first-order chi connectivity index (χ1) is 14.8. The molecule has 8 nitrogen and oxygen atoms in total. The lowest BCUT2D eigenvalue weighted by Gasteiger charge is -2.41. The molecule has 2 N–H and O–H groups in total. The number of hydrogen-bond acceptors (Lipinski definition) is 5. The average molecular weight is 431 g/mol. The Morgan fingerprint density at radius 1 is 1.26 bits per heavy atom. The highest BCUT2D eigenvalue weighted by Gasteiger charge is 2.50. The normalized spacial score (nSPS) is 28.9. The molecule has 8 heteroatoms. The van der Waals surface area contributed by atoms with E-state index >= 15 is 0 Å². The summed E-state index contributed by atoms with van der Waals surface area (Å²) < 4.78 is 0. The molecule has 2 amide bonds. The molecule has 0 bridgehead atoms. The SMILES string of the molecule is CCN(C(=O)O)c1cnc(N2CCC[C@]3(CCN(C4CCC(O)CC4)C3=O)C2)cc1C. The van der Waals surface area contributed by atoms with E-state index in [1.807, 2.05) is 13.0 Å². The molecule has 1 atom stereocenters. The van der Waals surface area contributed by atoms with Gasteiger partial charge in [0.1, 0.15) is 5.82 Å². The minimum Gasteiger partial charge on any atom is -0.465 e. The van der Waals surface area contributed by atoms with Crippen molar-refractivity contribution in [1.82, 2.24) is 9.88 Å². The second-order valence-electron chi connectivity index (χ2n) is 9.37. The molecule has 0 radical (unpaired) electrons. The zero-order chi connectivity index (χ0) is 22.2. The van der Waals surface area contributed by atoms with Gasteiger partial charge in [-0.3, -0.25) is 9.69 Å². The van der Waals surface area contributed by atoms with Gasteiger partial charge in [-0.2, -0.15) is 0 Å². The molecule has 2 saturated heterocycles. The molecule has 31 heavy (non-hydrogen) atoms. The molecule has 0 unspecified atom stereocenters. The molecule has 1 aliphatic carbocycles. The van der Waals surface area contributed by atoms with Crippen LogP contribution in [0.15, 0.2) is 12.3 Å². The van der Waals surface area contributed by atoms with Crippen LogP contribution in [0.5, 0.6) is 0 Å². The summed E-state index contributed by atoms with van der Waals surface area (Å²) in [6, 6.07) is 2.21. The van der Waals surface area contributed by atoms with E-state index in [1.54, 1.807) is 13.1 Å². The van der Waals surface area contributed by atoms with Gasteiger partial charge < -0.3 is 20.0 Å². The van der Waals surface area contributed by atoms with Gasteiger partial charge in [-0.05, 0) is 70.4 Å². The molecule has 170 valence electrons. The van der Waals surface area contributed by atoms with E-state index in [1.165, 1.54) is 4.90 Å². The fraction of sp³-hybridized carbons (Fsp3) is 0.696. The Bertz CT molecular complexity index is 839. The number of rotatable bonds is 4. The third-order valence-electron chi connectivity index (χ3n) is 7.46. The van der Waals surface area contributed by atoms with Crippen molar-refractivity contribution < 1.29 is 19.8 Å². The zero-order valence-corrected chi connectivity index (χ0v) is 18.6. The molecule has 1 aromatic heterocycles. The van der Waals surface area contributed by atoms with E-state index < -0.39 is 6.09 Å². The van der Waals surface area contributed by atoms with Crippen LogP contribution < -0.4 is 9.80 Å². The monoisotopic (exact) mass is 430 g/mol. The van der Waals surface area contributed by atoms with Gasteiger partial charge in [-0.1, -0.05) is 0 Å². The predicted octanol–water partition coefficient (Wildman–Crippen LogP) is 3.02. The lowest BCUT2D eigenvalue weighted by molar-refractivity contribution is -0.139. The maximum atomic E-state index is 13.5. The van der Waals surface area contributed by atoms with Gasteiger partial charge in [-0.25, -0.2) is 9.78 Å². The van der Waals surface area contributed by atoms with Crippen LogP contribution in [0.2, 0.25) is 0 Å². The van der Waals surface area contributed by atoms with E-state index in [4.69, 9.17) is 0 Å². The minimum atomic E-state index is -0.982. The number of piperidine rings is 1. The van der Waals surface area contributed by atoms with Crippen LogP contribution in [0, 0.1) is 12.3 Å². The summed E-state index contributed by atoms with van der Waals surface area (Å²) in [7, 11) is 0. The Morgan fingerprint density at radius 3 is 2.65 bits per heavy atom. The Kier molecular flexibility index (Phi) is 6.10. The number of anilines is 2. The quantitative estimate of drug-likeness (QED) is 0.762. The fourth-order valence-electron chi connectivity index (χ4n) is 5.67. The number of carboxylic acid groups (broad SMARTS) is 1. The average Bonchev–Trinajstić information content (AvgIpc) is 3.05. The van der Waals surface area contributed by atoms with Crippen LogP contribution in [-0.2, 0) is 4.79 Å². The van der Waals surface area contributed by atoms with Crippen LogP contribution in [-0.4, -0.2) is 70.4 Å². The summed E-state index contributed by atoms with van der Waals surface area (Å²) >= 11 is 0. The van der Waals surface area contributed by atoms with E-state index in [0.29, 0.717) is 18.8 Å². The van der Waals surface area contributed by atoms with Crippen LogP contribution in [0.3, 0.4) is 0 Å². The van der Waals surface area contributed by atoms with Gasteiger partial charge in [0.05, 0.1) is 23.4 Å². The van der Waals surface area contributed by atoms with Gasteiger partial charge in [-0.15, -0.1) is 0 Å². The van der Waals surface area contributed by atoms with Gasteiger partial charge in [0.25, 0.3) is 0 Å². The van der Waals surface area contributed by atoms with E-state index in [9.17, 15) is 19.8 Å². The molecule has 2 aliphatic heterocycles. The molecule has 1 saturated carbocycles. The minimum absolute atomic E-state index is 0.213. The van der Waals surface area contributed by atoms with Gasteiger partial charge in [0.15, 0.2) is 0 Å². The summed E-state index contributed by atoms with van der Waals surface area (Å²) in [4.78, 5) is 35.2. The second kappa shape index (κ2) is 8.65.